The highest BCUT2D eigenvalue weighted by Crippen LogP contribution is 2.35. The molecule has 5 atom stereocenters. The van der Waals surface area contributed by atoms with Crippen LogP contribution in [0.1, 0.15) is 58.1 Å². The summed E-state index contributed by atoms with van der Waals surface area (Å²) in [6.07, 6.45) is 1.89. The number of fused-ring (bicyclic) bond motifs is 2. The number of aliphatic hydroxyl groups excluding tert-OH is 1. The normalized spacial score (nSPS) is 22.2. The molecule has 2 fully saturated rings. The average molecular weight is 699 g/mol. The van der Waals surface area contributed by atoms with E-state index in [1.807, 2.05) is 51.1 Å². The van der Waals surface area contributed by atoms with Gasteiger partial charge in [0.1, 0.15) is 6.10 Å². The van der Waals surface area contributed by atoms with Crippen LogP contribution in [-0.4, -0.2) is 98.7 Å². The molecule has 5 rings (SSSR count). The van der Waals surface area contributed by atoms with Crippen molar-refractivity contribution in [2.75, 3.05) is 44.7 Å². The third-order valence-electron chi connectivity index (χ3n) is 9.20. The number of ether oxygens (including phenoxy) is 3. The molecule has 0 spiro atoms. The Morgan fingerprint density at radius 2 is 1.92 bits per heavy atom. The Hall–Kier alpha value is -3.49. The van der Waals surface area contributed by atoms with E-state index in [1.54, 1.807) is 12.3 Å². The maximum atomic E-state index is 14.3. The van der Waals surface area contributed by atoms with Crippen molar-refractivity contribution in [1.82, 2.24) is 14.5 Å². The zero-order valence-electron chi connectivity index (χ0n) is 28.8. The molecular formula is C36H50N4O8S. The van der Waals surface area contributed by atoms with Gasteiger partial charge in [0.05, 0.1) is 41.7 Å². The predicted molar refractivity (Wildman–Crippen MR) is 186 cm³/mol. The number of hydrogen-bond donors (Lipinski definition) is 3. The van der Waals surface area contributed by atoms with Crippen molar-refractivity contribution in [3.8, 4) is 0 Å². The van der Waals surface area contributed by atoms with Crippen LogP contribution in [0.4, 0.5) is 10.5 Å². The second kappa shape index (κ2) is 16.5. The van der Waals surface area contributed by atoms with Gasteiger partial charge in [-0.15, -0.1) is 0 Å². The molecule has 49 heavy (non-hydrogen) atoms. The van der Waals surface area contributed by atoms with Crippen LogP contribution in [0.3, 0.4) is 0 Å². The van der Waals surface area contributed by atoms with Gasteiger partial charge in [0.25, 0.3) is 5.91 Å². The predicted octanol–water partition coefficient (Wildman–Crippen LogP) is 4.21. The van der Waals surface area contributed by atoms with Gasteiger partial charge in [-0.3, -0.25) is 4.79 Å². The molecule has 2 saturated heterocycles. The Bertz CT molecular complexity index is 1580. The lowest BCUT2D eigenvalue weighted by molar-refractivity contribution is -0.110. The number of aliphatic hydroxyl groups is 1. The van der Waals surface area contributed by atoms with Gasteiger partial charge in [0.2, 0.25) is 10.0 Å². The number of sulfonamides is 1. The number of nitrogens with zero attached hydrogens (tertiary/aromatic N) is 2. The Morgan fingerprint density at radius 3 is 2.63 bits per heavy atom. The summed E-state index contributed by atoms with van der Waals surface area (Å²) < 4.78 is 46.7. The van der Waals surface area contributed by atoms with E-state index in [0.717, 1.165) is 31.4 Å². The van der Waals surface area contributed by atoms with Crippen molar-refractivity contribution in [3.05, 3.63) is 65.9 Å². The molecule has 2 aromatic rings. The molecule has 0 aliphatic carbocycles. The number of carbonyl (C=O) groups is 2. The lowest BCUT2D eigenvalue weighted by Gasteiger charge is -2.31. The summed E-state index contributed by atoms with van der Waals surface area (Å²) in [6, 6.07) is 13.1. The van der Waals surface area contributed by atoms with E-state index in [9.17, 15) is 23.1 Å². The average Bonchev–Trinajstić information content (AvgIpc) is 3.78. The van der Waals surface area contributed by atoms with Crippen molar-refractivity contribution in [3.63, 3.8) is 0 Å². The number of hydrogen-bond acceptors (Lipinski definition) is 9. The zero-order chi connectivity index (χ0) is 35.1. The molecule has 2 aromatic carbocycles. The van der Waals surface area contributed by atoms with Crippen molar-refractivity contribution in [2.24, 2.45) is 11.8 Å². The van der Waals surface area contributed by atoms with E-state index >= 15 is 0 Å². The number of nitrogens with one attached hydrogen (secondary N) is 2. The van der Waals surface area contributed by atoms with Gasteiger partial charge in [-0.05, 0) is 55.9 Å². The minimum atomic E-state index is -4.15. The number of amides is 2. The Morgan fingerprint density at radius 1 is 1.14 bits per heavy atom. The largest absolute Gasteiger partial charge is 0.443 e. The van der Waals surface area contributed by atoms with Gasteiger partial charge in [-0.25, -0.2) is 13.2 Å². The van der Waals surface area contributed by atoms with Gasteiger partial charge in [0.15, 0.2) is 6.29 Å². The second-order valence-corrected chi connectivity index (χ2v) is 15.3. The molecule has 0 bridgehead atoms. The van der Waals surface area contributed by atoms with Crippen molar-refractivity contribution in [1.29, 1.82) is 0 Å². The van der Waals surface area contributed by atoms with Crippen molar-refractivity contribution >= 4 is 33.3 Å². The summed E-state index contributed by atoms with van der Waals surface area (Å²) in [5, 5.41) is 17.3. The van der Waals surface area contributed by atoms with E-state index < -0.39 is 34.4 Å². The first-order valence-electron chi connectivity index (χ1n) is 17.3. The molecule has 2 amide bonds. The molecule has 0 radical (unpaired) electrons. The molecule has 0 aromatic heterocycles. The molecule has 3 aliphatic heterocycles. The molecule has 3 aliphatic rings. The van der Waals surface area contributed by atoms with Crippen LogP contribution >= 0.6 is 0 Å². The topological polar surface area (TPSA) is 147 Å². The van der Waals surface area contributed by atoms with Gasteiger partial charge in [-0.1, -0.05) is 57.5 Å². The zero-order valence-corrected chi connectivity index (χ0v) is 29.7. The highest BCUT2D eigenvalue weighted by atomic mass is 32.2. The van der Waals surface area contributed by atoms with E-state index in [0.29, 0.717) is 30.0 Å². The van der Waals surface area contributed by atoms with E-state index in [2.05, 4.69) is 22.5 Å². The quantitative estimate of drug-likeness (QED) is 0.220. The first kappa shape index (κ1) is 36.8. The minimum Gasteiger partial charge on any atom is -0.443 e. The maximum absolute atomic E-state index is 14.3. The molecule has 13 heteroatoms. The number of alkyl carbamates (subject to hydrolysis) is 1. The highest BCUT2D eigenvalue weighted by molar-refractivity contribution is 7.89. The van der Waals surface area contributed by atoms with Crippen LogP contribution < -0.4 is 10.6 Å². The molecule has 3 N–H and O–H groups in total. The number of benzene rings is 2. The second-order valence-electron chi connectivity index (χ2n) is 13.4. The molecule has 3 heterocycles. The van der Waals surface area contributed by atoms with Gasteiger partial charge >= 0.3 is 6.09 Å². The van der Waals surface area contributed by atoms with Crippen molar-refractivity contribution < 1.29 is 37.3 Å². The summed E-state index contributed by atoms with van der Waals surface area (Å²) in [7, 11) is -4.15. The van der Waals surface area contributed by atoms with Crippen LogP contribution in [-0.2, 0) is 35.4 Å². The lowest BCUT2D eigenvalue weighted by Crippen LogP contribution is -2.51. The van der Waals surface area contributed by atoms with Gasteiger partial charge < -0.3 is 34.9 Å². The Kier molecular flexibility index (Phi) is 12.4. The van der Waals surface area contributed by atoms with Crippen LogP contribution in [0.15, 0.2) is 59.6 Å². The summed E-state index contributed by atoms with van der Waals surface area (Å²) in [5.74, 6) is -0.401. The standard InChI is InChI=1S/C36H50N4O8S/c1-5-7-16-39(6-2)21-29-28-19-26(13-14-30(28)37-34(29)42)49(44,45)40(20-24(3)4)22-32(41)31(18-25-11-9-8-10-12-25)38-36(43)48-33-23-47-35-27(33)15-17-46-35/h8-14,19,21,24,27,31-33,35,41H,5-7,15-18,20,22-23H2,1-4H3,(H,37,42)(H,38,43)/b29-21-/t27?,31-,32+,33-,35?/m0/s1. The van der Waals surface area contributed by atoms with Crippen LogP contribution in [0.25, 0.3) is 5.57 Å². The molecule has 12 nitrogen and oxygen atoms in total. The first-order valence-corrected chi connectivity index (χ1v) is 18.8. The number of carbonyl (C=O) groups excluding carboxylic acids is 2. The summed E-state index contributed by atoms with van der Waals surface area (Å²) in [4.78, 5) is 28.2. The lowest BCUT2D eigenvalue weighted by atomic mass is 10.0. The first-order chi connectivity index (χ1) is 23.5. The number of unbranched alkanes of at least 4 members (excludes halogenated alkanes) is 1. The number of rotatable bonds is 16. The molecule has 2 unspecified atom stereocenters. The third-order valence-corrected chi connectivity index (χ3v) is 11.0. The summed E-state index contributed by atoms with van der Waals surface area (Å²) in [6.45, 7) is 10.0. The Balaban J connectivity index is 1.37. The fourth-order valence-corrected chi connectivity index (χ4v) is 8.15. The van der Waals surface area contributed by atoms with Crippen LogP contribution in [0, 0.1) is 11.8 Å². The SMILES string of the molecule is CCCCN(/C=C1\C(=O)Nc2ccc(S(=O)(=O)N(CC(C)C)C[C@@H](O)[C@H](Cc3ccccc3)NC(=O)O[C@H]3COC4OCCC43)cc21)CC. The summed E-state index contributed by atoms with van der Waals surface area (Å²) in [5.41, 5.74) is 2.33. The fourth-order valence-electron chi connectivity index (χ4n) is 6.50. The van der Waals surface area contributed by atoms with E-state index in [1.165, 1.54) is 16.4 Å². The monoisotopic (exact) mass is 698 g/mol. The van der Waals surface area contributed by atoms with Gasteiger partial charge in [0, 0.05) is 43.6 Å². The van der Waals surface area contributed by atoms with Crippen molar-refractivity contribution in [2.45, 2.75) is 82.8 Å². The van der Waals surface area contributed by atoms with E-state index in [-0.39, 0.29) is 55.0 Å². The van der Waals surface area contributed by atoms with Gasteiger partial charge in [-0.2, -0.15) is 4.31 Å². The highest BCUT2D eigenvalue weighted by Gasteiger charge is 2.44. The minimum absolute atomic E-state index is 0.0136. The summed E-state index contributed by atoms with van der Waals surface area (Å²) >= 11 is 0. The molecular weight excluding hydrogens is 648 g/mol. The third kappa shape index (κ3) is 9.01. The maximum Gasteiger partial charge on any atom is 0.407 e. The van der Waals surface area contributed by atoms with Crippen LogP contribution in [0.2, 0.25) is 0 Å². The van der Waals surface area contributed by atoms with Crippen LogP contribution in [0.5, 0.6) is 0 Å². The van der Waals surface area contributed by atoms with E-state index in [4.69, 9.17) is 14.2 Å². The Labute approximate surface area is 289 Å². The number of anilines is 1. The molecule has 0 saturated carbocycles. The fraction of sp³-hybridized carbons (Fsp3) is 0.556. The molecule has 268 valence electrons. The smallest absolute Gasteiger partial charge is 0.407 e.